The Labute approximate surface area is 181 Å². The first-order valence-corrected chi connectivity index (χ1v) is 10.6. The third kappa shape index (κ3) is 4.46. The molecule has 1 aliphatic heterocycles. The summed E-state index contributed by atoms with van der Waals surface area (Å²) in [6.07, 6.45) is 5.47. The second-order valence-electron chi connectivity index (χ2n) is 7.71. The van der Waals surface area contributed by atoms with Crippen LogP contribution >= 0.6 is 0 Å². The summed E-state index contributed by atoms with van der Waals surface area (Å²) in [5, 5.41) is 12.9. The molecule has 1 unspecified atom stereocenters. The van der Waals surface area contributed by atoms with Crippen LogP contribution in [0.4, 0.5) is 0 Å². The Hall–Kier alpha value is -3.20. The number of nitrogens with zero attached hydrogens (tertiary/aromatic N) is 6. The molecule has 0 amide bonds. The van der Waals surface area contributed by atoms with E-state index >= 15 is 0 Å². The van der Waals surface area contributed by atoms with Crippen molar-refractivity contribution in [3.8, 4) is 11.4 Å². The number of benzene rings is 1. The van der Waals surface area contributed by atoms with E-state index in [1.165, 1.54) is 0 Å². The topological polar surface area (TPSA) is 87.3 Å². The molecular weight excluding hydrogens is 396 g/mol. The summed E-state index contributed by atoms with van der Waals surface area (Å²) >= 11 is 0. The number of ether oxygens (including phenoxy) is 2. The van der Waals surface area contributed by atoms with Gasteiger partial charge >= 0.3 is 5.97 Å². The molecule has 1 fully saturated rings. The van der Waals surface area contributed by atoms with Gasteiger partial charge in [-0.2, -0.15) is 5.10 Å². The molecule has 1 saturated heterocycles. The highest BCUT2D eigenvalue weighted by atomic mass is 16.5. The maximum absolute atomic E-state index is 12.6. The summed E-state index contributed by atoms with van der Waals surface area (Å²) in [6.45, 7) is 4.52. The number of aromatic nitrogens is 5. The molecule has 0 saturated carbocycles. The van der Waals surface area contributed by atoms with Gasteiger partial charge in [0, 0.05) is 26.1 Å². The van der Waals surface area contributed by atoms with Crippen LogP contribution in [0.1, 0.15) is 47.6 Å². The van der Waals surface area contributed by atoms with Gasteiger partial charge in [0.1, 0.15) is 23.5 Å². The van der Waals surface area contributed by atoms with Gasteiger partial charge in [0.15, 0.2) is 0 Å². The van der Waals surface area contributed by atoms with E-state index in [1.54, 1.807) is 19.6 Å². The number of piperidine rings is 1. The normalized spacial score (nSPS) is 16.9. The molecule has 9 nitrogen and oxygen atoms in total. The van der Waals surface area contributed by atoms with Crippen LogP contribution in [0.15, 0.2) is 36.8 Å². The summed E-state index contributed by atoms with van der Waals surface area (Å²) in [5.74, 6) is 1.73. The predicted molar refractivity (Wildman–Crippen MR) is 114 cm³/mol. The molecule has 3 heterocycles. The van der Waals surface area contributed by atoms with Crippen LogP contribution in [-0.4, -0.2) is 62.2 Å². The molecule has 1 atom stereocenters. The summed E-state index contributed by atoms with van der Waals surface area (Å²) in [6, 6.07) is 7.64. The highest BCUT2D eigenvalue weighted by molar-refractivity contribution is 5.90. The van der Waals surface area contributed by atoms with Crippen molar-refractivity contribution in [3.63, 3.8) is 0 Å². The van der Waals surface area contributed by atoms with Gasteiger partial charge < -0.3 is 14.0 Å². The summed E-state index contributed by atoms with van der Waals surface area (Å²) in [4.78, 5) is 15.0. The zero-order valence-corrected chi connectivity index (χ0v) is 18.2. The van der Waals surface area contributed by atoms with Gasteiger partial charge in [-0.05, 0) is 50.6 Å². The average molecular weight is 425 g/mol. The van der Waals surface area contributed by atoms with Crippen LogP contribution in [0.2, 0.25) is 0 Å². The molecule has 31 heavy (non-hydrogen) atoms. The zero-order valence-electron chi connectivity index (χ0n) is 18.2. The molecule has 1 aromatic carbocycles. The lowest BCUT2D eigenvalue weighted by molar-refractivity contribution is 0.0523. The molecule has 0 N–H and O–H groups in total. The Morgan fingerprint density at radius 2 is 2.06 bits per heavy atom. The Bertz CT molecular complexity index is 1030. The number of likely N-dealkylation sites (tertiary alicyclic amines) is 1. The van der Waals surface area contributed by atoms with E-state index in [1.807, 2.05) is 47.5 Å². The quantitative estimate of drug-likeness (QED) is 0.539. The van der Waals surface area contributed by atoms with E-state index in [9.17, 15) is 4.79 Å². The number of methoxy groups -OCH3 is 1. The standard InChI is InChI=1S/C22H28N6O3/c1-4-31-22(29)19-12-24-28(17-7-9-18(30-3)10-8-17)20(19)14-27-11-5-6-16(13-27)21-25-23-15-26(21)2/h7-10,12,15-16H,4-6,11,13-14H2,1-3H3. The van der Waals surface area contributed by atoms with Crippen molar-refractivity contribution < 1.29 is 14.3 Å². The van der Waals surface area contributed by atoms with Crippen LogP contribution in [0.3, 0.4) is 0 Å². The van der Waals surface area contributed by atoms with Gasteiger partial charge in [-0.1, -0.05) is 0 Å². The highest BCUT2D eigenvalue weighted by Gasteiger charge is 2.28. The van der Waals surface area contributed by atoms with Crippen molar-refractivity contribution >= 4 is 5.97 Å². The Balaban J connectivity index is 1.62. The van der Waals surface area contributed by atoms with Crippen LogP contribution in [0.25, 0.3) is 5.69 Å². The van der Waals surface area contributed by atoms with Crippen LogP contribution in [0, 0.1) is 0 Å². The molecule has 0 radical (unpaired) electrons. The molecule has 164 valence electrons. The van der Waals surface area contributed by atoms with Crippen LogP contribution < -0.4 is 4.74 Å². The molecular formula is C22H28N6O3. The first kappa shape index (κ1) is 21.0. The van der Waals surface area contributed by atoms with Gasteiger partial charge in [0.2, 0.25) is 0 Å². The number of carbonyl (C=O) groups excluding carboxylic acids is 1. The van der Waals surface area contributed by atoms with E-state index in [2.05, 4.69) is 20.2 Å². The minimum Gasteiger partial charge on any atom is -0.497 e. The monoisotopic (exact) mass is 424 g/mol. The second kappa shape index (κ2) is 9.30. The molecule has 4 rings (SSSR count). The zero-order chi connectivity index (χ0) is 21.8. The van der Waals surface area contributed by atoms with Gasteiger partial charge in [-0.25, -0.2) is 9.48 Å². The number of rotatable bonds is 7. The van der Waals surface area contributed by atoms with E-state index in [0.717, 1.165) is 48.9 Å². The largest absolute Gasteiger partial charge is 0.497 e. The summed E-state index contributed by atoms with van der Waals surface area (Å²) in [5.41, 5.74) is 2.19. The predicted octanol–water partition coefficient (Wildman–Crippen LogP) is 2.57. The van der Waals surface area contributed by atoms with Crippen molar-refractivity contribution in [2.24, 2.45) is 7.05 Å². The van der Waals surface area contributed by atoms with Crippen molar-refractivity contribution in [2.75, 3.05) is 26.8 Å². The number of aryl methyl sites for hydroxylation is 1. The fraction of sp³-hybridized carbons (Fsp3) is 0.455. The first-order chi connectivity index (χ1) is 15.1. The molecule has 9 heteroatoms. The van der Waals surface area contributed by atoms with E-state index in [4.69, 9.17) is 9.47 Å². The highest BCUT2D eigenvalue weighted by Crippen LogP contribution is 2.27. The minimum absolute atomic E-state index is 0.310. The third-order valence-corrected chi connectivity index (χ3v) is 5.67. The van der Waals surface area contributed by atoms with Gasteiger partial charge in [-0.3, -0.25) is 4.90 Å². The first-order valence-electron chi connectivity index (χ1n) is 10.6. The molecule has 3 aromatic rings. The van der Waals surface area contributed by atoms with Crippen LogP contribution in [0.5, 0.6) is 5.75 Å². The van der Waals surface area contributed by atoms with Crippen molar-refractivity contribution in [2.45, 2.75) is 32.2 Å². The van der Waals surface area contributed by atoms with E-state index in [-0.39, 0.29) is 5.97 Å². The Morgan fingerprint density at radius 1 is 1.26 bits per heavy atom. The van der Waals surface area contributed by atoms with Gasteiger partial charge in [0.05, 0.1) is 31.3 Å². The number of carbonyl (C=O) groups is 1. The third-order valence-electron chi connectivity index (χ3n) is 5.67. The van der Waals surface area contributed by atoms with Gasteiger partial charge in [0.25, 0.3) is 0 Å². The van der Waals surface area contributed by atoms with E-state index in [0.29, 0.717) is 24.6 Å². The number of esters is 1. The van der Waals surface area contributed by atoms with Gasteiger partial charge in [-0.15, -0.1) is 10.2 Å². The molecule has 2 aromatic heterocycles. The van der Waals surface area contributed by atoms with Crippen LogP contribution in [-0.2, 0) is 18.3 Å². The minimum atomic E-state index is -0.348. The fourth-order valence-electron chi connectivity index (χ4n) is 4.13. The molecule has 0 bridgehead atoms. The maximum Gasteiger partial charge on any atom is 0.341 e. The summed E-state index contributed by atoms with van der Waals surface area (Å²) < 4.78 is 14.4. The van der Waals surface area contributed by atoms with Crippen molar-refractivity contribution in [3.05, 3.63) is 53.9 Å². The molecule has 1 aliphatic rings. The average Bonchev–Trinajstić information content (AvgIpc) is 3.40. The Morgan fingerprint density at radius 3 is 2.74 bits per heavy atom. The number of hydrogen-bond acceptors (Lipinski definition) is 7. The fourth-order valence-corrected chi connectivity index (χ4v) is 4.13. The SMILES string of the molecule is CCOC(=O)c1cnn(-c2ccc(OC)cc2)c1CN1CCCC(c2nncn2C)C1. The Kier molecular flexibility index (Phi) is 6.31. The smallest absolute Gasteiger partial charge is 0.341 e. The number of hydrogen-bond donors (Lipinski definition) is 0. The lowest BCUT2D eigenvalue weighted by Gasteiger charge is -2.32. The van der Waals surface area contributed by atoms with Crippen molar-refractivity contribution in [1.82, 2.24) is 29.4 Å². The molecule has 0 aliphatic carbocycles. The maximum atomic E-state index is 12.6. The van der Waals surface area contributed by atoms with E-state index < -0.39 is 0 Å². The van der Waals surface area contributed by atoms with Crippen molar-refractivity contribution in [1.29, 1.82) is 0 Å². The lowest BCUT2D eigenvalue weighted by atomic mass is 9.97. The molecule has 0 spiro atoms. The summed E-state index contributed by atoms with van der Waals surface area (Å²) in [7, 11) is 3.61. The second-order valence-corrected chi connectivity index (χ2v) is 7.71. The lowest BCUT2D eigenvalue weighted by Crippen LogP contribution is -2.35.